The molecule has 2 aromatic heterocycles. The summed E-state index contributed by atoms with van der Waals surface area (Å²) < 4.78 is 34.8. The number of ketones is 2. The zero-order valence-electron chi connectivity index (χ0n) is 38.1. The average molecular weight is 867 g/mol. The number of likely N-dealkylation sites (N-methyl/N-ethyl adjacent to an activating group) is 1. The summed E-state index contributed by atoms with van der Waals surface area (Å²) in [6.45, 7) is 15.1. The number of carbonyl (C=O) groups excluding carboxylic acids is 4. The average Bonchev–Trinajstić information content (AvgIpc) is 3.94. The quantitative estimate of drug-likeness (QED) is 0.155. The Morgan fingerprint density at radius 3 is 2.35 bits per heavy atom. The molecule has 1 N–H and O–H groups in total. The molecule has 0 saturated carbocycles. The van der Waals surface area contributed by atoms with Gasteiger partial charge in [0.2, 0.25) is 0 Å². The normalized spacial score (nSPS) is 35.2. The lowest BCUT2D eigenvalue weighted by Gasteiger charge is -2.47. The van der Waals surface area contributed by atoms with Crippen molar-refractivity contribution in [2.24, 2.45) is 23.7 Å². The van der Waals surface area contributed by atoms with Crippen LogP contribution in [-0.4, -0.2) is 150 Å². The molecule has 3 aliphatic heterocycles. The Labute approximate surface area is 363 Å². The number of aromatic nitrogens is 6. The molecule has 13 atom stereocenters. The highest BCUT2D eigenvalue weighted by atomic mass is 16.7. The molecule has 62 heavy (non-hydrogen) atoms. The van der Waals surface area contributed by atoms with Gasteiger partial charge in [0.05, 0.1) is 42.1 Å². The van der Waals surface area contributed by atoms with Gasteiger partial charge in [-0.2, -0.15) is 0 Å². The van der Waals surface area contributed by atoms with Gasteiger partial charge < -0.3 is 38.6 Å². The summed E-state index contributed by atoms with van der Waals surface area (Å²) in [7, 11) is 5.23. The number of esters is 1. The predicted molar refractivity (Wildman–Crippen MR) is 225 cm³/mol. The molecule has 3 aromatic rings. The molecule has 18 heteroatoms. The van der Waals surface area contributed by atoms with Crippen molar-refractivity contribution in [3.63, 3.8) is 0 Å². The Morgan fingerprint density at radius 2 is 1.66 bits per heavy atom. The van der Waals surface area contributed by atoms with Crippen LogP contribution in [-0.2, 0) is 51.2 Å². The fourth-order valence-corrected chi connectivity index (χ4v) is 9.97. The molecule has 0 spiro atoms. The van der Waals surface area contributed by atoms with Crippen molar-refractivity contribution in [3.8, 4) is 0 Å². The second-order valence-corrected chi connectivity index (χ2v) is 18.3. The summed E-state index contributed by atoms with van der Waals surface area (Å²) in [5.41, 5.74) is -0.291. The van der Waals surface area contributed by atoms with Crippen LogP contribution < -0.4 is 0 Å². The van der Waals surface area contributed by atoms with Crippen molar-refractivity contribution in [2.75, 3.05) is 27.7 Å². The Bertz CT molecular complexity index is 2060. The Morgan fingerprint density at radius 1 is 0.952 bits per heavy atom. The molecule has 18 nitrogen and oxygen atoms in total. The van der Waals surface area contributed by atoms with E-state index in [4.69, 9.17) is 23.7 Å². The number of hydrogen-bond donors (Lipinski definition) is 1. The smallest absolute Gasteiger partial charge is 0.410 e. The molecule has 3 fully saturated rings. The molecule has 6 rings (SSSR count). The number of unbranched alkanes of at least 4 members (excludes halogenated alkanes) is 1. The van der Waals surface area contributed by atoms with E-state index in [1.165, 1.54) is 14.0 Å². The largest absolute Gasteiger partial charge is 0.458 e. The van der Waals surface area contributed by atoms with E-state index in [9.17, 15) is 24.3 Å². The number of methoxy groups -OCH3 is 1. The second-order valence-electron chi connectivity index (χ2n) is 18.3. The SMILES string of the molecule is CC[C@H]1OC(=O)[C@H](C)C(=O)[C@H](C)[C@@H](O[C@@H]2O[C@H](C)C[C@H](N(C)C)[C@H]2O)[C@](C)(OC)C[C@@H](C)C(=O)[C@H](C)C2N(CCCCn3cc(Cn4nnc5ccccc54)nn3)C(=O)O[C@@]21C. The maximum atomic E-state index is 14.8. The van der Waals surface area contributed by atoms with E-state index in [0.717, 1.165) is 16.7 Å². The molecule has 1 aromatic carbocycles. The molecule has 0 aliphatic carbocycles. The van der Waals surface area contributed by atoms with Gasteiger partial charge in [-0.25, -0.2) is 9.48 Å². The van der Waals surface area contributed by atoms with Gasteiger partial charge in [0.15, 0.2) is 17.7 Å². The number of amides is 1. The summed E-state index contributed by atoms with van der Waals surface area (Å²) in [6.07, 6.45) is -1.13. The lowest BCUT2D eigenvalue weighted by atomic mass is 9.73. The van der Waals surface area contributed by atoms with Crippen molar-refractivity contribution in [2.45, 2.75) is 155 Å². The highest BCUT2D eigenvalue weighted by Gasteiger charge is 2.60. The van der Waals surface area contributed by atoms with Crippen LogP contribution in [0.4, 0.5) is 4.79 Å². The molecule has 3 aliphatic rings. The number of carbonyl (C=O) groups is 4. The van der Waals surface area contributed by atoms with Gasteiger partial charge in [-0.05, 0) is 86.0 Å². The van der Waals surface area contributed by atoms with E-state index < -0.39 is 83.4 Å². The van der Waals surface area contributed by atoms with Gasteiger partial charge in [0.1, 0.15) is 35.1 Å². The molecule has 0 bridgehead atoms. The molecule has 0 radical (unpaired) electrons. The van der Waals surface area contributed by atoms with Crippen molar-refractivity contribution in [3.05, 3.63) is 36.2 Å². The molecule has 1 amide bonds. The third-order valence-corrected chi connectivity index (χ3v) is 13.5. The van der Waals surface area contributed by atoms with Gasteiger partial charge in [-0.15, -0.1) is 10.2 Å². The number of aryl methyl sites for hydroxylation is 1. The lowest BCUT2D eigenvalue weighted by molar-refractivity contribution is -0.295. The Balaban J connectivity index is 1.23. The zero-order valence-corrected chi connectivity index (χ0v) is 38.1. The zero-order chi connectivity index (χ0) is 45.3. The number of aliphatic hydroxyl groups is 1. The fraction of sp³-hybridized carbons (Fsp3) is 0.727. The van der Waals surface area contributed by atoms with Gasteiger partial charge in [0.25, 0.3) is 0 Å². The topological polar surface area (TPSA) is 203 Å². The second kappa shape index (κ2) is 19.2. The minimum atomic E-state index is -1.43. The maximum absolute atomic E-state index is 14.8. The number of ether oxygens (including phenoxy) is 5. The van der Waals surface area contributed by atoms with Gasteiger partial charge in [-0.3, -0.25) is 19.1 Å². The predicted octanol–water partition coefficient (Wildman–Crippen LogP) is 4.06. The summed E-state index contributed by atoms with van der Waals surface area (Å²) in [4.78, 5) is 60.5. The number of fused-ring (bicyclic) bond motifs is 2. The van der Waals surface area contributed by atoms with E-state index >= 15 is 0 Å². The summed E-state index contributed by atoms with van der Waals surface area (Å²) >= 11 is 0. The summed E-state index contributed by atoms with van der Waals surface area (Å²) in [5, 5.41) is 28.5. The molecule has 1 unspecified atom stereocenters. The van der Waals surface area contributed by atoms with Crippen LogP contribution in [0.2, 0.25) is 0 Å². The first kappa shape index (κ1) is 47.1. The van der Waals surface area contributed by atoms with Crippen molar-refractivity contribution >= 4 is 34.7 Å². The van der Waals surface area contributed by atoms with Crippen LogP contribution in [0.15, 0.2) is 30.5 Å². The minimum absolute atomic E-state index is 0.117. The van der Waals surface area contributed by atoms with Crippen molar-refractivity contribution in [1.29, 1.82) is 0 Å². The third kappa shape index (κ3) is 9.44. The van der Waals surface area contributed by atoms with E-state index in [1.807, 2.05) is 63.3 Å². The fourth-order valence-electron chi connectivity index (χ4n) is 9.97. The first-order chi connectivity index (χ1) is 29.3. The number of hydrogen-bond acceptors (Lipinski definition) is 15. The third-order valence-electron chi connectivity index (χ3n) is 13.5. The van der Waals surface area contributed by atoms with Crippen LogP contribution >= 0.6 is 0 Å². The number of nitrogens with zero attached hydrogens (tertiary/aromatic N) is 8. The standard InChI is InChI=1S/C44H66N8O10/c1-12-34-44(8)38(51(42(57)62-44)20-16-15-19-50-23-30(45-47-50)24-52-32-18-14-13-17-31(32)46-48-52)27(4)35(53)25(2)22-43(7,58-11)39(28(5)36(54)29(6)40(56)60-34)61-41-37(55)33(49(9)10)21-26(3)59-41/h13-14,17-18,23,25-29,33-34,37-39,41,55H,12,15-16,19-22,24H2,1-11H3/t25-,26-,27+,28+,29-,33+,34-,37-,38?,39-,41+,43-,44-/m1/s1. The van der Waals surface area contributed by atoms with E-state index in [1.54, 1.807) is 48.9 Å². The molecular weight excluding hydrogens is 801 g/mol. The molecule has 342 valence electrons. The Hall–Kier alpha value is -4.36. The highest BCUT2D eigenvalue weighted by molar-refractivity contribution is 6.00. The number of benzene rings is 1. The summed E-state index contributed by atoms with van der Waals surface area (Å²) in [5.74, 6) is -5.05. The first-order valence-corrected chi connectivity index (χ1v) is 22.0. The minimum Gasteiger partial charge on any atom is -0.458 e. The number of rotatable bonds is 12. The van der Waals surface area contributed by atoms with Gasteiger partial charge >= 0.3 is 12.1 Å². The van der Waals surface area contributed by atoms with Gasteiger partial charge in [0, 0.05) is 44.0 Å². The maximum Gasteiger partial charge on any atom is 0.410 e. The number of aliphatic hydroxyl groups excluding tert-OH is 1. The van der Waals surface area contributed by atoms with Crippen LogP contribution in [0, 0.1) is 23.7 Å². The van der Waals surface area contributed by atoms with Crippen LogP contribution in [0.25, 0.3) is 11.0 Å². The number of Topliss-reactive ketones (excluding diaryl/α,β-unsaturated/α-hetero) is 2. The van der Waals surface area contributed by atoms with E-state index in [0.29, 0.717) is 32.4 Å². The van der Waals surface area contributed by atoms with Crippen molar-refractivity contribution in [1.82, 2.24) is 39.8 Å². The number of para-hydroxylation sites is 1. The molecule has 3 saturated heterocycles. The van der Waals surface area contributed by atoms with E-state index in [2.05, 4.69) is 20.6 Å². The highest BCUT2D eigenvalue weighted by Crippen LogP contribution is 2.43. The molecule has 5 heterocycles. The van der Waals surface area contributed by atoms with Crippen LogP contribution in [0.1, 0.15) is 93.2 Å². The number of cyclic esters (lactones) is 1. The Kier molecular flexibility index (Phi) is 14.6. The van der Waals surface area contributed by atoms with Gasteiger partial charge in [-0.1, -0.05) is 50.3 Å². The molecular formula is C44H66N8O10. The first-order valence-electron chi connectivity index (χ1n) is 22.0. The van der Waals surface area contributed by atoms with Crippen LogP contribution in [0.3, 0.4) is 0 Å². The monoisotopic (exact) mass is 866 g/mol. The lowest BCUT2D eigenvalue weighted by Crippen LogP contribution is -2.60. The van der Waals surface area contributed by atoms with E-state index in [-0.39, 0.29) is 37.3 Å². The van der Waals surface area contributed by atoms with Crippen LogP contribution in [0.5, 0.6) is 0 Å². The summed E-state index contributed by atoms with van der Waals surface area (Å²) in [6, 6.07) is 6.59. The van der Waals surface area contributed by atoms with Crippen molar-refractivity contribution < 1.29 is 48.0 Å².